The van der Waals surface area contributed by atoms with E-state index in [1.807, 2.05) is 37.3 Å². The van der Waals surface area contributed by atoms with Crippen molar-refractivity contribution in [2.45, 2.75) is 81.4 Å². The van der Waals surface area contributed by atoms with E-state index in [0.29, 0.717) is 11.3 Å². The largest absolute Gasteiger partial charge is 0.490 e. The van der Waals surface area contributed by atoms with Crippen LogP contribution in [0, 0.1) is 5.92 Å². The second kappa shape index (κ2) is 14.6. The summed E-state index contributed by atoms with van der Waals surface area (Å²) in [6.07, 6.45) is -10.3. The van der Waals surface area contributed by atoms with Crippen LogP contribution in [-0.2, 0) is 25.6 Å². The summed E-state index contributed by atoms with van der Waals surface area (Å²) in [5.41, 5.74) is 0.975. The first-order chi connectivity index (χ1) is 21.3. The summed E-state index contributed by atoms with van der Waals surface area (Å²) in [7, 11) is -2.02. The number of carbonyl (C=O) groups is 2. The molecule has 14 heteroatoms. The first-order valence-electron chi connectivity index (χ1n) is 14.9. The van der Waals surface area contributed by atoms with E-state index in [1.165, 1.54) is 18.1 Å². The number of nitrogens with zero attached hydrogens (tertiary/aromatic N) is 1. The molecule has 0 aliphatic carbocycles. The number of aliphatic hydroxyl groups excluding tert-OH is 5. The van der Waals surface area contributed by atoms with Crippen LogP contribution >= 0.6 is 0 Å². The van der Waals surface area contributed by atoms with Gasteiger partial charge in [0.1, 0.15) is 30.2 Å². The average molecular weight is 651 g/mol. The Bertz CT molecular complexity index is 1320. The quantitative estimate of drug-likeness (QED) is 0.154. The van der Waals surface area contributed by atoms with Crippen molar-refractivity contribution in [2.75, 3.05) is 25.6 Å². The van der Waals surface area contributed by atoms with Crippen LogP contribution in [0.4, 0.5) is 9.80 Å². The maximum Gasteiger partial charge on any atom is 0.256 e. The zero-order valence-corrected chi connectivity index (χ0v) is 26.7. The Hall–Kier alpha value is -2.95. The zero-order chi connectivity index (χ0) is 33.1. The molecular weight excluding hydrogens is 607 g/mol. The van der Waals surface area contributed by atoms with Gasteiger partial charge in [-0.2, -0.15) is 0 Å². The van der Waals surface area contributed by atoms with Crippen LogP contribution in [0.2, 0.25) is 18.6 Å². The minimum Gasteiger partial charge on any atom is -0.490 e. The van der Waals surface area contributed by atoms with E-state index in [1.54, 1.807) is 25.2 Å². The fraction of sp³-hybridized carbons (Fsp3) is 0.548. The van der Waals surface area contributed by atoms with Crippen molar-refractivity contribution in [3.8, 4) is 5.75 Å². The monoisotopic (exact) mass is 650 g/mol. The van der Waals surface area contributed by atoms with Gasteiger partial charge >= 0.3 is 0 Å². The van der Waals surface area contributed by atoms with Gasteiger partial charge in [0, 0.05) is 49.3 Å². The molecule has 9 atom stereocenters. The first kappa shape index (κ1) is 34.9. The predicted molar refractivity (Wildman–Crippen MR) is 163 cm³/mol. The lowest BCUT2D eigenvalue weighted by Crippen LogP contribution is -2.60. The number of rotatable bonds is 11. The molecule has 2 aromatic rings. The Balaban J connectivity index is 1.54. The maximum atomic E-state index is 16.0. The lowest BCUT2D eigenvalue weighted by Gasteiger charge is -2.43. The molecule has 45 heavy (non-hydrogen) atoms. The number of benzene rings is 2. The van der Waals surface area contributed by atoms with E-state index < -0.39 is 68.7 Å². The fourth-order valence-corrected chi connectivity index (χ4v) is 7.84. The molecule has 2 aliphatic heterocycles. The van der Waals surface area contributed by atoms with Gasteiger partial charge < -0.3 is 54.1 Å². The van der Waals surface area contributed by atoms with Gasteiger partial charge in [-0.3, -0.25) is 9.59 Å². The average Bonchev–Trinajstić information content (AvgIpc) is 3.00. The number of aliphatic hydroxyl groups is 5. The summed E-state index contributed by atoms with van der Waals surface area (Å²) in [5, 5.41) is 51.9. The van der Waals surface area contributed by atoms with E-state index in [2.05, 4.69) is 5.32 Å². The van der Waals surface area contributed by atoms with Crippen molar-refractivity contribution in [3.05, 3.63) is 59.7 Å². The van der Waals surface area contributed by atoms with Crippen molar-refractivity contribution in [1.82, 2.24) is 4.90 Å². The molecule has 2 aliphatic rings. The van der Waals surface area contributed by atoms with Gasteiger partial charge in [-0.15, -0.1) is 0 Å². The third kappa shape index (κ3) is 7.89. The maximum absolute atomic E-state index is 16.0. The molecule has 0 bridgehead atoms. The van der Waals surface area contributed by atoms with E-state index in [9.17, 15) is 35.1 Å². The number of carbonyl (C=O) groups excluding carboxylic acids is 2. The molecule has 4 rings (SSSR count). The molecule has 2 aromatic carbocycles. The molecule has 0 aromatic heterocycles. The Morgan fingerprint density at radius 2 is 1.76 bits per heavy atom. The van der Waals surface area contributed by atoms with Crippen LogP contribution in [0.1, 0.15) is 30.6 Å². The second-order valence-corrected chi connectivity index (χ2v) is 16.0. The number of fused-ring (bicyclic) bond motifs is 1. The van der Waals surface area contributed by atoms with E-state index >= 15 is 4.11 Å². The van der Waals surface area contributed by atoms with Crippen molar-refractivity contribution in [3.63, 3.8) is 0 Å². The van der Waals surface area contributed by atoms with Crippen LogP contribution < -0.4 is 10.1 Å². The molecule has 1 unspecified atom stereocenters. The molecule has 6 N–H and O–H groups in total. The van der Waals surface area contributed by atoms with Crippen LogP contribution in [0.15, 0.2) is 48.5 Å². The van der Waals surface area contributed by atoms with Crippen LogP contribution in [0.25, 0.3) is 0 Å². The molecule has 248 valence electrons. The highest BCUT2D eigenvalue weighted by Gasteiger charge is 2.49. The Kier molecular flexibility index (Phi) is 11.4. The normalized spacial score (nSPS) is 28.8. The van der Waals surface area contributed by atoms with Crippen molar-refractivity contribution in [1.29, 1.82) is 0 Å². The molecule has 0 saturated carbocycles. The van der Waals surface area contributed by atoms with Crippen molar-refractivity contribution < 1.29 is 53.4 Å². The van der Waals surface area contributed by atoms with Gasteiger partial charge in [0.05, 0.1) is 12.7 Å². The smallest absolute Gasteiger partial charge is 0.256 e. The fourth-order valence-electron chi connectivity index (χ4n) is 6.03. The van der Waals surface area contributed by atoms with Gasteiger partial charge in [0.15, 0.2) is 12.4 Å². The second-order valence-electron chi connectivity index (χ2n) is 12.2. The summed E-state index contributed by atoms with van der Waals surface area (Å²) in [5.74, 6) is -1.18. The number of hydrogen-bond acceptors (Lipinski definition) is 10. The van der Waals surface area contributed by atoms with Crippen LogP contribution in [-0.4, -0.2) is 108 Å². The van der Waals surface area contributed by atoms with Gasteiger partial charge in [-0.1, -0.05) is 37.3 Å². The standard InChI is InChI=1S/C31H43FN2O10Si/c1-17-27(42-2)20-14-19(33-30(40)29-25(38)24(37)26(39)31(41)44-29)10-11-21(20)43-28(17)22(45(3,4)32)15-23(36)34(12-13-35)16-18-8-6-5-7-9-18/h5-11,14,17,22,24-29,31,35,37-39,41H,12-13,15-16H2,1-4H3,(H,33,40)/t17-,22?,24+,25+,26-,27-,28-,29+,31-/m1/s1. The molecule has 2 amide bonds. The number of anilines is 1. The van der Waals surface area contributed by atoms with E-state index in [-0.39, 0.29) is 37.7 Å². The molecule has 2 heterocycles. The van der Waals surface area contributed by atoms with Crippen molar-refractivity contribution in [2.24, 2.45) is 5.92 Å². The first-order valence-corrected chi connectivity index (χ1v) is 17.9. The summed E-state index contributed by atoms with van der Waals surface area (Å²) in [4.78, 5) is 28.0. The van der Waals surface area contributed by atoms with Crippen LogP contribution in [0.5, 0.6) is 5.75 Å². The summed E-state index contributed by atoms with van der Waals surface area (Å²) in [6.45, 7) is 5.08. The van der Waals surface area contributed by atoms with E-state index in [0.717, 1.165) is 5.56 Å². The highest BCUT2D eigenvalue weighted by Crippen LogP contribution is 2.48. The number of methoxy groups -OCH3 is 1. The minimum absolute atomic E-state index is 0.106. The van der Waals surface area contributed by atoms with Gasteiger partial charge in [-0.25, -0.2) is 0 Å². The highest BCUT2D eigenvalue weighted by molar-refractivity contribution is 6.72. The minimum atomic E-state index is -3.52. The Morgan fingerprint density at radius 3 is 2.38 bits per heavy atom. The molecule has 0 spiro atoms. The number of halogens is 1. The van der Waals surface area contributed by atoms with E-state index in [4.69, 9.17) is 14.2 Å². The van der Waals surface area contributed by atoms with Gasteiger partial charge in [0.25, 0.3) is 5.91 Å². The lowest BCUT2D eigenvalue weighted by atomic mass is 9.86. The Labute approximate surface area is 262 Å². The molecule has 1 fully saturated rings. The topological polar surface area (TPSA) is 178 Å². The molecule has 1 saturated heterocycles. The molecule has 12 nitrogen and oxygen atoms in total. The van der Waals surface area contributed by atoms with Crippen molar-refractivity contribution >= 4 is 25.9 Å². The van der Waals surface area contributed by atoms with Gasteiger partial charge in [-0.05, 0) is 36.9 Å². The summed E-state index contributed by atoms with van der Waals surface area (Å²) >= 11 is 0. The number of nitrogens with one attached hydrogen (secondary N) is 1. The molecular formula is C31H43FN2O10Si. The summed E-state index contributed by atoms with van der Waals surface area (Å²) in [6, 6.07) is 14.1. The number of hydrogen-bond donors (Lipinski definition) is 6. The van der Waals surface area contributed by atoms with Gasteiger partial charge in [0.2, 0.25) is 14.3 Å². The highest BCUT2D eigenvalue weighted by atomic mass is 28.4. The third-order valence-electron chi connectivity index (χ3n) is 8.55. The Morgan fingerprint density at radius 1 is 1.07 bits per heavy atom. The lowest BCUT2D eigenvalue weighted by molar-refractivity contribution is -0.274. The summed E-state index contributed by atoms with van der Waals surface area (Å²) < 4.78 is 33.3. The number of ether oxygens (including phenoxy) is 3. The third-order valence-corrected chi connectivity index (χ3v) is 10.9. The zero-order valence-electron chi connectivity index (χ0n) is 25.7. The van der Waals surface area contributed by atoms with Crippen LogP contribution in [0.3, 0.4) is 0 Å². The predicted octanol–water partition coefficient (Wildman–Crippen LogP) is 1.47. The SMILES string of the molecule is CO[C@H]1c2cc(NC(=O)[C@H]3O[C@@H](O)[C@H](O)[C@@H](O)[C@@H]3O)ccc2O[C@@H](C(CC(=O)N(CCO)Cc2ccccc2)[Si](C)(C)F)[C@@H]1C. The number of amides is 2. The molecule has 0 radical (unpaired) electrons.